The molecule has 4 heterocycles. The van der Waals surface area contributed by atoms with Crippen LogP contribution in [-0.2, 0) is 53.9 Å². The lowest BCUT2D eigenvalue weighted by Crippen LogP contribution is -2.32. The van der Waals surface area contributed by atoms with Gasteiger partial charge in [0.1, 0.15) is 28.2 Å². The number of hydrogen-bond donors (Lipinski definition) is 0. The molecule has 0 spiro atoms. The first kappa shape index (κ1) is 78.9. The zero-order chi connectivity index (χ0) is 80.5. The van der Waals surface area contributed by atoms with Gasteiger partial charge in [-0.25, -0.2) is 18.3 Å². The smallest absolute Gasteiger partial charge is 0.201 e. The number of rotatable bonds is 8. The summed E-state index contributed by atoms with van der Waals surface area (Å²) >= 11 is 0. The Morgan fingerprint density at radius 1 is 0.216 bits per heavy atom. The topological polar surface area (TPSA) is 15.5 Å². The molecule has 0 aliphatic heterocycles. The molecule has 4 nitrogen and oxygen atoms in total. The minimum atomic E-state index is 0.727. The van der Waals surface area contributed by atoms with Crippen LogP contribution in [0, 0.1) is 83.1 Å². The molecular weight excluding hydrogens is 1400 g/mol. The van der Waals surface area contributed by atoms with Crippen LogP contribution in [0.15, 0.2) is 170 Å². The van der Waals surface area contributed by atoms with E-state index in [-0.39, 0.29) is 0 Å². The summed E-state index contributed by atoms with van der Waals surface area (Å²) < 4.78 is 9.26. The monoisotopic (exact) mass is 1530 g/mol. The number of pyridine rings is 4. The number of nitrogens with zero attached hydrogens (tertiary/aromatic N) is 4. The fraction of sp³-hybridized carbons (Fsp3) is 0.393. The number of aryl methyl sites for hydroxylation is 16. The molecule has 0 amide bonds. The van der Waals surface area contributed by atoms with Crippen LogP contribution in [0.25, 0.3) is 89.5 Å². The maximum atomic E-state index is 2.54. The lowest BCUT2D eigenvalue weighted by molar-refractivity contribution is -0.660. The second-order valence-electron chi connectivity index (χ2n) is 37.3. The minimum absolute atomic E-state index is 0.727. The molecule has 0 atom stereocenters. The quantitative estimate of drug-likeness (QED) is 0.135. The highest BCUT2D eigenvalue weighted by Crippen LogP contribution is 2.53. The van der Waals surface area contributed by atoms with E-state index < -0.39 is 0 Å². The van der Waals surface area contributed by atoms with Crippen LogP contribution in [0.5, 0.6) is 0 Å². The lowest BCUT2D eigenvalue weighted by atomic mass is 9.78. The summed E-state index contributed by atoms with van der Waals surface area (Å²) in [6, 6.07) is 57.0. The van der Waals surface area contributed by atoms with Crippen LogP contribution in [0.3, 0.4) is 0 Å². The first-order valence-corrected chi connectivity index (χ1v) is 45.0. The number of benzene rings is 8. The fourth-order valence-corrected chi connectivity index (χ4v) is 22.6. The van der Waals surface area contributed by atoms with E-state index in [4.69, 9.17) is 0 Å². The van der Waals surface area contributed by atoms with Gasteiger partial charge in [-0.3, -0.25) is 0 Å². The van der Waals surface area contributed by atoms with Gasteiger partial charge in [0.25, 0.3) is 0 Å². The van der Waals surface area contributed by atoms with Gasteiger partial charge in [0.2, 0.25) is 22.8 Å². The molecule has 592 valence electrons. The molecular formula is C112H128N4+4. The molecule has 4 fully saturated rings. The number of aromatic nitrogens is 4. The van der Waals surface area contributed by atoms with Crippen LogP contribution in [0.2, 0.25) is 0 Å². The molecule has 4 saturated carbocycles. The van der Waals surface area contributed by atoms with E-state index in [0.29, 0.717) is 0 Å². The van der Waals surface area contributed by atoms with E-state index in [0.717, 1.165) is 49.4 Å². The van der Waals surface area contributed by atoms with Crippen molar-refractivity contribution in [1.82, 2.24) is 0 Å². The summed E-state index contributed by atoms with van der Waals surface area (Å²) in [6.07, 6.45) is 41.1. The zero-order valence-corrected chi connectivity index (χ0v) is 73.2. The highest BCUT2D eigenvalue weighted by molar-refractivity contribution is 5.90. The van der Waals surface area contributed by atoms with E-state index in [1.54, 1.807) is 38.9 Å². The van der Waals surface area contributed by atoms with Gasteiger partial charge in [0.15, 0.2) is 24.8 Å². The summed E-state index contributed by atoms with van der Waals surface area (Å²) in [7, 11) is 8.76. The molecule has 20 rings (SSSR count). The summed E-state index contributed by atoms with van der Waals surface area (Å²) in [5.41, 5.74) is 58.0. The van der Waals surface area contributed by atoms with Gasteiger partial charge in [-0.2, -0.15) is 0 Å². The van der Waals surface area contributed by atoms with Gasteiger partial charge in [-0.05, 0) is 340 Å². The van der Waals surface area contributed by atoms with Gasteiger partial charge in [0, 0.05) is 46.5 Å². The molecule has 0 bridgehead atoms. The molecule has 0 N–H and O–H groups in total. The molecule has 4 aromatic heterocycles. The van der Waals surface area contributed by atoms with Gasteiger partial charge in [-0.1, -0.05) is 198 Å². The van der Waals surface area contributed by atoms with Crippen molar-refractivity contribution in [3.8, 4) is 89.5 Å². The Morgan fingerprint density at radius 2 is 0.569 bits per heavy atom. The molecule has 8 aromatic carbocycles. The standard InChI is InChI=1S/4C28H32N/c1-18-15-26(29(4)17-20(18)3)27-19(2)14-24(21-10-6-5-7-11-21)28-23-13-9-8-12-22(23)16-25(27)28;1-18-13-14-24-23-12-8-11-22(21-9-6-5-7-10-21)25(23)16-26(24)28(18)27-15-19(2)20(3)17-29(27)4;1-18-10-13-24-25-15-22(21-8-6-5-7-9-21)11-12-23(25)16-26(24)28(18)27-14-19(2)20(3)17-29(27)4;1-18-10-12-25-24-13-11-22(21-8-6-5-7-9-21)15-23(24)16-26(25)28(18)27-14-19(2)20(3)17-29(27)4/h8-9,12-15,17,21H,5-7,10-11,16H2,1-4H3;8,11-15,17,21H,5-7,9-10,16H2,1-4H3;2*10-15,17,21H,5-9,16H2,1-4H3/q4*+1. The first-order chi connectivity index (χ1) is 56.1. The SMILES string of the molecule is Cc1cc(-c2c(C)cc(C3CCCCC3)c3c2Cc2ccccc2-3)[n+](C)cc1C.Cc1cc(-c2c(C)ccc3c2Cc2c-3cccc2C2CCCCC2)[n+](C)cc1C.Cc1cc(-c2c(C)ccc3c2Cc2cc(C4CCCCC4)ccc2-3)[n+](C)cc1C.Cc1cc(-c2c(C)ccc3c2Cc2ccc(C4CCCCC4)cc2-3)[n+](C)cc1C. The molecule has 12 aromatic rings. The Bertz CT molecular complexity index is 5820. The number of hydrogen-bond acceptors (Lipinski definition) is 0. The third kappa shape index (κ3) is 15.0. The molecule has 0 saturated heterocycles. The van der Waals surface area contributed by atoms with Crippen LogP contribution in [-0.4, -0.2) is 0 Å². The Morgan fingerprint density at radius 3 is 1.05 bits per heavy atom. The zero-order valence-electron chi connectivity index (χ0n) is 73.2. The van der Waals surface area contributed by atoms with E-state index in [1.807, 2.05) is 0 Å². The molecule has 0 radical (unpaired) electrons. The van der Waals surface area contributed by atoms with Gasteiger partial charge in [-0.15, -0.1) is 0 Å². The van der Waals surface area contributed by atoms with Crippen molar-refractivity contribution in [3.05, 3.63) is 304 Å². The maximum Gasteiger partial charge on any atom is 0.213 e. The Balaban J connectivity index is 0.000000111. The lowest BCUT2D eigenvalue weighted by Gasteiger charge is -2.26. The van der Waals surface area contributed by atoms with Gasteiger partial charge < -0.3 is 0 Å². The third-order valence-electron chi connectivity index (χ3n) is 29.5. The van der Waals surface area contributed by atoms with E-state index >= 15 is 0 Å². The van der Waals surface area contributed by atoms with Crippen LogP contribution in [0.4, 0.5) is 0 Å². The van der Waals surface area contributed by atoms with E-state index in [2.05, 4.69) is 300 Å². The van der Waals surface area contributed by atoms with Crippen molar-refractivity contribution in [2.24, 2.45) is 28.2 Å². The van der Waals surface area contributed by atoms with Crippen molar-refractivity contribution in [2.45, 2.75) is 261 Å². The minimum Gasteiger partial charge on any atom is -0.201 e. The van der Waals surface area contributed by atoms with Crippen LogP contribution >= 0.6 is 0 Å². The highest BCUT2D eigenvalue weighted by Gasteiger charge is 2.36. The summed E-state index contributed by atoms with van der Waals surface area (Å²) in [5, 5.41) is 0. The Kier molecular flexibility index (Phi) is 22.5. The normalized spacial score (nSPS) is 16.0. The fourth-order valence-electron chi connectivity index (χ4n) is 22.6. The number of fused-ring (bicyclic) bond motifs is 12. The summed E-state index contributed by atoms with van der Waals surface area (Å²) in [4.78, 5) is 0. The second-order valence-corrected chi connectivity index (χ2v) is 37.3. The maximum absolute atomic E-state index is 2.54. The van der Waals surface area contributed by atoms with Crippen molar-refractivity contribution in [1.29, 1.82) is 0 Å². The highest BCUT2D eigenvalue weighted by atomic mass is 14.9. The van der Waals surface area contributed by atoms with E-state index in [1.165, 1.54) is 313 Å². The van der Waals surface area contributed by atoms with Gasteiger partial charge in [0.05, 0.1) is 22.3 Å². The summed E-state index contributed by atoms with van der Waals surface area (Å²) in [5.74, 6) is 3.03. The predicted octanol–water partition coefficient (Wildman–Crippen LogP) is 26.9. The molecule has 8 aliphatic carbocycles. The second kappa shape index (κ2) is 33.0. The van der Waals surface area contributed by atoms with E-state index in [9.17, 15) is 0 Å². The average Bonchev–Trinajstić information content (AvgIpc) is 1.56. The van der Waals surface area contributed by atoms with Crippen molar-refractivity contribution < 1.29 is 18.3 Å². The van der Waals surface area contributed by atoms with Crippen molar-refractivity contribution in [2.75, 3.05) is 0 Å². The molecule has 8 aliphatic rings. The van der Waals surface area contributed by atoms with Crippen molar-refractivity contribution in [3.63, 3.8) is 0 Å². The van der Waals surface area contributed by atoms with Crippen molar-refractivity contribution >= 4 is 0 Å². The Labute approximate surface area is 696 Å². The van der Waals surface area contributed by atoms with Crippen LogP contribution in [0.1, 0.15) is 286 Å². The molecule has 116 heavy (non-hydrogen) atoms. The molecule has 4 heteroatoms. The largest absolute Gasteiger partial charge is 0.213 e. The third-order valence-corrected chi connectivity index (χ3v) is 29.5. The molecule has 0 unspecified atom stereocenters. The Hall–Kier alpha value is -9.64. The average molecular weight is 1530 g/mol. The first-order valence-electron chi connectivity index (χ1n) is 45.0. The predicted molar refractivity (Wildman–Crippen MR) is 485 cm³/mol. The van der Waals surface area contributed by atoms with Crippen LogP contribution < -0.4 is 18.3 Å². The van der Waals surface area contributed by atoms with Gasteiger partial charge >= 0.3 is 0 Å². The summed E-state index contributed by atoms with van der Waals surface area (Å²) in [6.45, 7) is 26.9.